The van der Waals surface area contributed by atoms with Gasteiger partial charge in [-0.25, -0.2) is 4.39 Å². The van der Waals surface area contributed by atoms with E-state index >= 15 is 0 Å². The molecule has 0 amide bonds. The molecule has 5 heteroatoms. The third-order valence-electron chi connectivity index (χ3n) is 3.59. The van der Waals surface area contributed by atoms with Crippen LogP contribution in [0.5, 0.6) is 0 Å². The summed E-state index contributed by atoms with van der Waals surface area (Å²) >= 11 is 0. The highest BCUT2D eigenvalue weighted by Crippen LogP contribution is 2.21. The summed E-state index contributed by atoms with van der Waals surface area (Å²) < 4.78 is 12.9. The van der Waals surface area contributed by atoms with Gasteiger partial charge in [0.2, 0.25) is 0 Å². The number of nitrogens with two attached hydrogens (primary N) is 1. The quantitative estimate of drug-likeness (QED) is 0.565. The fourth-order valence-corrected chi connectivity index (χ4v) is 2.17. The van der Waals surface area contributed by atoms with Crippen LogP contribution in [0.3, 0.4) is 0 Å². The lowest BCUT2D eigenvalue weighted by Crippen LogP contribution is -2.35. The zero-order valence-electron chi connectivity index (χ0n) is 13.2. The molecule has 1 atom stereocenters. The Bertz CT molecular complexity index is 639. The van der Waals surface area contributed by atoms with E-state index in [1.54, 1.807) is 19.1 Å². The first-order chi connectivity index (χ1) is 11.0. The van der Waals surface area contributed by atoms with E-state index in [-0.39, 0.29) is 18.3 Å². The molecule has 4 N–H and O–H groups in total. The van der Waals surface area contributed by atoms with Gasteiger partial charge in [0, 0.05) is 6.54 Å². The van der Waals surface area contributed by atoms with Crippen molar-refractivity contribution in [2.75, 3.05) is 13.1 Å². The minimum Gasteiger partial charge on any atom is -0.384 e. The largest absolute Gasteiger partial charge is 0.384 e. The molecule has 0 saturated heterocycles. The van der Waals surface area contributed by atoms with Gasteiger partial charge in [-0.05, 0) is 36.6 Å². The summed E-state index contributed by atoms with van der Waals surface area (Å²) in [5.74, 6) is -0.0570. The van der Waals surface area contributed by atoms with Gasteiger partial charge >= 0.3 is 0 Å². The first kappa shape index (κ1) is 17.0. The Hall–Kier alpha value is -2.40. The molecule has 0 aliphatic carbocycles. The second kappa shape index (κ2) is 7.74. The number of nitrogens with zero attached hydrogens (tertiary/aromatic N) is 1. The molecule has 122 valence electrons. The van der Waals surface area contributed by atoms with Crippen LogP contribution in [0.25, 0.3) is 0 Å². The van der Waals surface area contributed by atoms with Crippen LogP contribution in [0.15, 0.2) is 59.6 Å². The van der Waals surface area contributed by atoms with Crippen LogP contribution >= 0.6 is 0 Å². The van der Waals surface area contributed by atoms with E-state index < -0.39 is 5.60 Å². The van der Waals surface area contributed by atoms with Crippen LogP contribution in [0.2, 0.25) is 0 Å². The Morgan fingerprint density at radius 1 is 1.17 bits per heavy atom. The van der Waals surface area contributed by atoms with Gasteiger partial charge in [0.05, 0.1) is 6.54 Å². The van der Waals surface area contributed by atoms with Crippen molar-refractivity contribution >= 4 is 5.96 Å². The van der Waals surface area contributed by atoms with E-state index in [0.717, 1.165) is 6.42 Å². The molecule has 0 bridgehead atoms. The van der Waals surface area contributed by atoms with Crippen LogP contribution in [-0.2, 0) is 12.0 Å². The molecule has 0 spiro atoms. The first-order valence-corrected chi connectivity index (χ1v) is 7.53. The van der Waals surface area contributed by atoms with Crippen LogP contribution in [0.4, 0.5) is 4.39 Å². The molecule has 0 fully saturated rings. The van der Waals surface area contributed by atoms with Crippen molar-refractivity contribution < 1.29 is 9.50 Å². The van der Waals surface area contributed by atoms with Gasteiger partial charge in [-0.3, -0.25) is 4.99 Å². The molecule has 1 unspecified atom stereocenters. The molecule has 0 aliphatic heterocycles. The van der Waals surface area contributed by atoms with Gasteiger partial charge in [0.15, 0.2) is 5.96 Å². The van der Waals surface area contributed by atoms with Crippen molar-refractivity contribution in [1.29, 1.82) is 0 Å². The van der Waals surface area contributed by atoms with E-state index in [1.807, 2.05) is 30.3 Å². The summed E-state index contributed by atoms with van der Waals surface area (Å²) in [6, 6.07) is 15.8. The van der Waals surface area contributed by atoms with Crippen molar-refractivity contribution in [3.8, 4) is 0 Å². The van der Waals surface area contributed by atoms with Crippen molar-refractivity contribution in [3.05, 3.63) is 71.5 Å². The third kappa shape index (κ3) is 5.38. The lowest BCUT2D eigenvalue weighted by atomic mass is 9.96. The summed E-state index contributed by atoms with van der Waals surface area (Å²) in [7, 11) is 0. The van der Waals surface area contributed by atoms with E-state index in [4.69, 9.17) is 5.73 Å². The predicted molar refractivity (Wildman–Crippen MR) is 90.6 cm³/mol. The Morgan fingerprint density at radius 3 is 2.48 bits per heavy atom. The smallest absolute Gasteiger partial charge is 0.188 e. The summed E-state index contributed by atoms with van der Waals surface area (Å²) in [6.45, 7) is 2.39. The van der Waals surface area contributed by atoms with Crippen molar-refractivity contribution in [2.45, 2.75) is 18.9 Å². The highest BCUT2D eigenvalue weighted by Gasteiger charge is 2.22. The summed E-state index contributed by atoms with van der Waals surface area (Å²) in [5.41, 5.74) is 6.43. The topological polar surface area (TPSA) is 70.6 Å². The number of aliphatic hydroxyl groups is 1. The van der Waals surface area contributed by atoms with Crippen LogP contribution in [0, 0.1) is 5.82 Å². The Balaban J connectivity index is 1.84. The number of guanidine groups is 1. The normalized spacial score (nSPS) is 14.3. The molecular formula is C18H22FN3O. The lowest BCUT2D eigenvalue weighted by Gasteiger charge is -2.22. The Kier molecular flexibility index (Phi) is 5.71. The average Bonchev–Trinajstić information content (AvgIpc) is 2.54. The van der Waals surface area contributed by atoms with Crippen LogP contribution in [-0.4, -0.2) is 24.2 Å². The second-order valence-electron chi connectivity index (χ2n) is 5.64. The number of aliphatic imine (C=N–C) groups is 1. The van der Waals surface area contributed by atoms with Gasteiger partial charge in [0.1, 0.15) is 11.4 Å². The monoisotopic (exact) mass is 315 g/mol. The van der Waals surface area contributed by atoms with Gasteiger partial charge < -0.3 is 16.2 Å². The molecule has 4 nitrogen and oxygen atoms in total. The molecule has 0 aromatic heterocycles. The number of benzene rings is 2. The van der Waals surface area contributed by atoms with E-state index in [9.17, 15) is 9.50 Å². The van der Waals surface area contributed by atoms with Gasteiger partial charge in [-0.2, -0.15) is 0 Å². The lowest BCUT2D eigenvalue weighted by molar-refractivity contribution is 0.0672. The fraction of sp³-hybridized carbons (Fsp3) is 0.278. The highest BCUT2D eigenvalue weighted by atomic mass is 19.1. The van der Waals surface area contributed by atoms with Gasteiger partial charge in [-0.15, -0.1) is 0 Å². The summed E-state index contributed by atoms with van der Waals surface area (Å²) in [5, 5.41) is 13.4. The van der Waals surface area contributed by atoms with Gasteiger partial charge in [-0.1, -0.05) is 42.5 Å². The first-order valence-electron chi connectivity index (χ1n) is 7.53. The SMILES string of the molecule is CC(O)(CN=C(N)NCCc1ccccc1)c1ccc(F)cc1. The maximum atomic E-state index is 12.9. The van der Waals surface area contributed by atoms with E-state index in [0.29, 0.717) is 12.1 Å². The number of nitrogens with one attached hydrogen (secondary N) is 1. The summed E-state index contributed by atoms with van der Waals surface area (Å²) in [4.78, 5) is 4.17. The third-order valence-corrected chi connectivity index (χ3v) is 3.59. The fourth-order valence-electron chi connectivity index (χ4n) is 2.17. The van der Waals surface area contributed by atoms with E-state index in [2.05, 4.69) is 10.3 Å². The highest BCUT2D eigenvalue weighted by molar-refractivity contribution is 5.77. The minimum atomic E-state index is -1.20. The maximum Gasteiger partial charge on any atom is 0.188 e. The molecule has 0 heterocycles. The Labute approximate surface area is 135 Å². The van der Waals surface area contributed by atoms with Crippen LogP contribution in [0.1, 0.15) is 18.1 Å². The molecule has 23 heavy (non-hydrogen) atoms. The number of hydrogen-bond acceptors (Lipinski definition) is 2. The maximum absolute atomic E-state index is 12.9. The standard InChI is InChI=1S/C18H22FN3O/c1-18(23,15-7-9-16(19)10-8-15)13-22-17(20)21-12-11-14-5-3-2-4-6-14/h2-10,23H,11-13H2,1H3,(H3,20,21,22). The molecule has 0 aliphatic rings. The summed E-state index contributed by atoms with van der Waals surface area (Å²) in [6.07, 6.45) is 0.839. The van der Waals surface area contributed by atoms with Crippen LogP contribution < -0.4 is 11.1 Å². The van der Waals surface area contributed by atoms with Gasteiger partial charge in [0.25, 0.3) is 0 Å². The second-order valence-corrected chi connectivity index (χ2v) is 5.64. The molecule has 0 saturated carbocycles. The van der Waals surface area contributed by atoms with Crippen molar-refractivity contribution in [2.24, 2.45) is 10.7 Å². The van der Waals surface area contributed by atoms with Crippen molar-refractivity contribution in [1.82, 2.24) is 5.32 Å². The molecule has 2 aromatic carbocycles. The Morgan fingerprint density at radius 2 is 1.83 bits per heavy atom. The molecule has 2 aromatic rings. The predicted octanol–water partition coefficient (Wildman–Crippen LogP) is 2.18. The number of hydrogen-bond donors (Lipinski definition) is 3. The number of halogens is 1. The molecule has 2 rings (SSSR count). The van der Waals surface area contributed by atoms with E-state index in [1.165, 1.54) is 17.7 Å². The van der Waals surface area contributed by atoms with Crippen molar-refractivity contribution in [3.63, 3.8) is 0 Å². The molecular weight excluding hydrogens is 293 g/mol. The minimum absolute atomic E-state index is 0.100. The molecule has 0 radical (unpaired) electrons. The number of rotatable bonds is 6. The zero-order chi connectivity index (χ0) is 16.7. The zero-order valence-corrected chi connectivity index (χ0v) is 13.2. The average molecular weight is 315 g/mol.